The Bertz CT molecular complexity index is 293. The van der Waals surface area contributed by atoms with Gasteiger partial charge in [-0.05, 0) is 12.0 Å². The van der Waals surface area contributed by atoms with E-state index in [0.29, 0.717) is 12.5 Å². The number of nitrogens with zero attached hydrogens (tertiary/aromatic N) is 3. The van der Waals surface area contributed by atoms with Crippen LogP contribution in [-0.4, -0.2) is 16.3 Å². The molecule has 1 aromatic rings. The molecule has 0 fully saturated rings. The van der Waals surface area contributed by atoms with Gasteiger partial charge in [0.2, 0.25) is 6.54 Å². The largest absolute Gasteiger partial charge is 0.317 e. The summed E-state index contributed by atoms with van der Waals surface area (Å²) in [4.78, 5) is 3.30. The minimum absolute atomic E-state index is 0.540. The Balaban J connectivity index is 2.49. The van der Waals surface area contributed by atoms with Crippen LogP contribution in [0.25, 0.3) is 4.85 Å². The van der Waals surface area contributed by atoms with Gasteiger partial charge in [0.25, 0.3) is 0 Å². The van der Waals surface area contributed by atoms with Crippen LogP contribution in [0.2, 0.25) is 0 Å². The smallest absolute Gasteiger partial charge is 0.220 e. The zero-order valence-corrected chi connectivity index (χ0v) is 8.20. The first-order chi connectivity index (χ1) is 6.22. The van der Waals surface area contributed by atoms with Gasteiger partial charge in [0.05, 0.1) is 12.1 Å². The summed E-state index contributed by atoms with van der Waals surface area (Å²) in [5.41, 5.74) is 1.02. The van der Waals surface area contributed by atoms with Gasteiger partial charge in [0, 0.05) is 12.7 Å². The fourth-order valence-electron chi connectivity index (χ4n) is 1.18. The van der Waals surface area contributed by atoms with E-state index in [2.05, 4.69) is 23.8 Å². The van der Waals surface area contributed by atoms with Crippen molar-refractivity contribution in [3.63, 3.8) is 0 Å². The lowest BCUT2D eigenvalue weighted by Crippen LogP contribution is -2.05. The van der Waals surface area contributed by atoms with E-state index in [-0.39, 0.29) is 0 Å². The Morgan fingerprint density at radius 2 is 2.38 bits per heavy atom. The molecule has 1 rings (SSSR count). The molecule has 0 aliphatic heterocycles. The summed E-state index contributed by atoms with van der Waals surface area (Å²) in [6.07, 6.45) is 2.76. The van der Waals surface area contributed by atoms with E-state index in [0.717, 1.165) is 18.7 Å². The van der Waals surface area contributed by atoms with Crippen molar-refractivity contribution in [2.24, 2.45) is 5.92 Å². The van der Waals surface area contributed by atoms with Crippen LogP contribution in [0.15, 0.2) is 12.3 Å². The third-order valence-corrected chi connectivity index (χ3v) is 1.73. The highest BCUT2D eigenvalue weighted by atomic mass is 15.3. The molecule has 0 saturated heterocycles. The lowest BCUT2D eigenvalue weighted by atomic mass is 10.2. The molecule has 0 saturated carbocycles. The maximum absolute atomic E-state index is 6.66. The molecule has 0 atom stereocenters. The number of hydrogen-bond donors (Lipinski definition) is 0. The highest BCUT2D eigenvalue weighted by Gasteiger charge is 2.01. The van der Waals surface area contributed by atoms with Crippen LogP contribution < -0.4 is 0 Å². The van der Waals surface area contributed by atoms with Crippen LogP contribution in [0.1, 0.15) is 19.5 Å². The van der Waals surface area contributed by atoms with Crippen LogP contribution in [0.3, 0.4) is 0 Å². The summed E-state index contributed by atoms with van der Waals surface area (Å²) in [5, 5.41) is 4.36. The Hall–Kier alpha value is -1.30. The number of rotatable bonds is 4. The van der Waals surface area contributed by atoms with E-state index in [9.17, 15) is 0 Å². The summed E-state index contributed by atoms with van der Waals surface area (Å²) in [5.74, 6) is 0.619. The molecule has 0 aliphatic carbocycles. The van der Waals surface area contributed by atoms with Crippen LogP contribution in [0.4, 0.5) is 0 Å². The van der Waals surface area contributed by atoms with Gasteiger partial charge in [-0.15, -0.1) is 0 Å². The summed E-state index contributed by atoms with van der Waals surface area (Å²) in [6.45, 7) is 12.5. The lowest BCUT2D eigenvalue weighted by Gasteiger charge is -2.03. The highest BCUT2D eigenvalue weighted by Crippen LogP contribution is 2.01. The van der Waals surface area contributed by atoms with E-state index in [1.807, 2.05) is 16.9 Å². The molecule has 3 heteroatoms. The molecule has 70 valence electrons. The van der Waals surface area contributed by atoms with Crippen molar-refractivity contribution >= 4 is 0 Å². The van der Waals surface area contributed by atoms with E-state index < -0.39 is 0 Å². The number of hydrogen-bond acceptors (Lipinski definition) is 1. The predicted octanol–water partition coefficient (Wildman–Crippen LogP) is 2.00. The summed E-state index contributed by atoms with van der Waals surface area (Å²) >= 11 is 0. The molecule has 0 bridgehead atoms. The van der Waals surface area contributed by atoms with Gasteiger partial charge >= 0.3 is 0 Å². The van der Waals surface area contributed by atoms with Crippen molar-refractivity contribution < 1.29 is 0 Å². The van der Waals surface area contributed by atoms with Crippen molar-refractivity contribution in [3.05, 3.63) is 29.4 Å². The summed E-state index contributed by atoms with van der Waals surface area (Å²) < 4.78 is 1.95. The maximum Gasteiger partial charge on any atom is 0.220 e. The SMILES string of the molecule is [C-]#[N+]CCc1ccn(CC(C)C)n1. The Morgan fingerprint density at radius 3 is 3.00 bits per heavy atom. The van der Waals surface area contributed by atoms with Gasteiger partial charge < -0.3 is 4.85 Å². The Morgan fingerprint density at radius 1 is 1.62 bits per heavy atom. The second-order valence-corrected chi connectivity index (χ2v) is 3.55. The zero-order chi connectivity index (χ0) is 9.68. The maximum atomic E-state index is 6.66. The number of aromatic nitrogens is 2. The quantitative estimate of drug-likeness (QED) is 0.645. The topological polar surface area (TPSA) is 22.2 Å². The average Bonchev–Trinajstić information content (AvgIpc) is 2.48. The monoisotopic (exact) mass is 177 g/mol. The Kier molecular flexibility index (Phi) is 3.51. The lowest BCUT2D eigenvalue weighted by molar-refractivity contribution is 0.480. The predicted molar refractivity (Wildman–Crippen MR) is 52.2 cm³/mol. The first kappa shape index (κ1) is 9.79. The van der Waals surface area contributed by atoms with E-state index in [1.165, 1.54) is 0 Å². The molecule has 0 aliphatic rings. The molecule has 0 unspecified atom stereocenters. The molecule has 1 heterocycles. The van der Waals surface area contributed by atoms with Gasteiger partial charge in [-0.3, -0.25) is 4.68 Å². The first-order valence-electron chi connectivity index (χ1n) is 4.58. The van der Waals surface area contributed by atoms with Crippen molar-refractivity contribution in [1.29, 1.82) is 0 Å². The fourth-order valence-corrected chi connectivity index (χ4v) is 1.18. The average molecular weight is 177 g/mol. The summed E-state index contributed by atoms with van der Waals surface area (Å²) in [7, 11) is 0. The molecule has 0 amide bonds. The first-order valence-corrected chi connectivity index (χ1v) is 4.58. The van der Waals surface area contributed by atoms with E-state index >= 15 is 0 Å². The molecule has 13 heavy (non-hydrogen) atoms. The highest BCUT2D eigenvalue weighted by molar-refractivity contribution is 5.00. The molecule has 0 spiro atoms. The van der Waals surface area contributed by atoms with Crippen molar-refractivity contribution in [1.82, 2.24) is 9.78 Å². The van der Waals surface area contributed by atoms with Gasteiger partial charge in [-0.25, -0.2) is 6.57 Å². The second kappa shape index (κ2) is 4.66. The molecule has 0 N–H and O–H groups in total. The molecule has 3 nitrogen and oxygen atoms in total. The third-order valence-electron chi connectivity index (χ3n) is 1.73. The Labute approximate surface area is 79.2 Å². The minimum atomic E-state index is 0.540. The molecule has 1 aromatic heterocycles. The fraction of sp³-hybridized carbons (Fsp3) is 0.600. The van der Waals surface area contributed by atoms with Gasteiger partial charge in [-0.1, -0.05) is 13.8 Å². The molecule has 0 aromatic carbocycles. The standard InChI is InChI=1S/C10H15N3/c1-9(2)8-13-7-5-10(12-13)4-6-11-3/h5,7,9H,4,6,8H2,1-2H3. The van der Waals surface area contributed by atoms with Crippen LogP contribution in [0.5, 0.6) is 0 Å². The van der Waals surface area contributed by atoms with Crippen molar-refractivity contribution in [2.45, 2.75) is 26.8 Å². The van der Waals surface area contributed by atoms with Crippen molar-refractivity contribution in [3.8, 4) is 0 Å². The zero-order valence-electron chi connectivity index (χ0n) is 8.20. The van der Waals surface area contributed by atoms with Gasteiger partial charge in [-0.2, -0.15) is 5.10 Å². The van der Waals surface area contributed by atoms with E-state index in [4.69, 9.17) is 6.57 Å². The molecular formula is C10H15N3. The van der Waals surface area contributed by atoms with Gasteiger partial charge in [0.1, 0.15) is 0 Å². The molecule has 0 radical (unpaired) electrons. The summed E-state index contributed by atoms with van der Waals surface area (Å²) in [6, 6.07) is 1.99. The van der Waals surface area contributed by atoms with Crippen molar-refractivity contribution in [2.75, 3.05) is 6.54 Å². The second-order valence-electron chi connectivity index (χ2n) is 3.55. The van der Waals surface area contributed by atoms with Crippen LogP contribution in [0, 0.1) is 12.5 Å². The molecular weight excluding hydrogens is 162 g/mol. The van der Waals surface area contributed by atoms with Gasteiger partial charge in [0.15, 0.2) is 0 Å². The van der Waals surface area contributed by atoms with E-state index in [1.54, 1.807) is 0 Å². The van der Waals surface area contributed by atoms with Crippen LogP contribution >= 0.6 is 0 Å². The normalized spacial score (nSPS) is 10.3. The third kappa shape index (κ3) is 3.29. The minimum Gasteiger partial charge on any atom is -0.317 e. The van der Waals surface area contributed by atoms with Crippen LogP contribution in [-0.2, 0) is 13.0 Å².